The van der Waals surface area contributed by atoms with Gasteiger partial charge in [0.2, 0.25) is 5.91 Å². The van der Waals surface area contributed by atoms with Crippen LogP contribution < -0.4 is 11.1 Å². The van der Waals surface area contributed by atoms with Crippen molar-refractivity contribution >= 4 is 13.7 Å². The lowest BCUT2D eigenvalue weighted by Gasteiger charge is -2.24. The van der Waals surface area contributed by atoms with Crippen molar-refractivity contribution < 1.29 is 33.5 Å². The van der Waals surface area contributed by atoms with Gasteiger partial charge < -0.3 is 26.2 Å². The van der Waals surface area contributed by atoms with Gasteiger partial charge in [0, 0.05) is 6.54 Å². The average molecular weight is 727 g/mol. The number of carbonyl (C=O) groups is 1. The molecule has 0 fully saturated rings. The smallest absolute Gasteiger partial charge is 0.393 e. The summed E-state index contributed by atoms with van der Waals surface area (Å²) in [6.07, 6.45) is 39.1. The van der Waals surface area contributed by atoms with Gasteiger partial charge in [-0.05, 0) is 70.6 Å². The molecule has 0 aromatic heterocycles. The number of aliphatic hydroxyl groups excluding tert-OH is 2. The third kappa shape index (κ3) is 33.6. The Morgan fingerprint density at radius 2 is 1.14 bits per heavy atom. The minimum Gasteiger partial charge on any atom is -0.393 e. The quantitative estimate of drug-likeness (QED) is 0.0243. The van der Waals surface area contributed by atoms with Gasteiger partial charge in [-0.2, -0.15) is 0 Å². The van der Waals surface area contributed by atoms with Crippen LogP contribution in [0, 0.1) is 0 Å². The molecule has 0 aliphatic rings. The highest BCUT2D eigenvalue weighted by molar-refractivity contribution is 7.47. The van der Waals surface area contributed by atoms with Gasteiger partial charge in [0.1, 0.15) is 0 Å². The second kappa shape index (κ2) is 35.8. The average Bonchev–Trinajstić information content (AvgIpc) is 3.09. The van der Waals surface area contributed by atoms with Gasteiger partial charge >= 0.3 is 7.82 Å². The van der Waals surface area contributed by atoms with E-state index in [2.05, 4.69) is 55.6 Å². The Hall–Kier alpha value is -1.58. The predicted octanol–water partition coefficient (Wildman–Crippen LogP) is 9.52. The van der Waals surface area contributed by atoms with E-state index in [1.165, 1.54) is 70.6 Å². The highest BCUT2D eigenvalue weighted by Crippen LogP contribution is 2.43. The van der Waals surface area contributed by atoms with Crippen molar-refractivity contribution in [2.24, 2.45) is 5.73 Å². The Morgan fingerprint density at radius 3 is 1.68 bits per heavy atom. The minimum absolute atomic E-state index is 0.0393. The van der Waals surface area contributed by atoms with Crippen molar-refractivity contribution in [1.82, 2.24) is 5.32 Å². The van der Waals surface area contributed by atoms with E-state index in [1.54, 1.807) is 6.08 Å². The third-order valence-corrected chi connectivity index (χ3v) is 9.39. The molecule has 50 heavy (non-hydrogen) atoms. The number of hydrogen-bond donors (Lipinski definition) is 5. The summed E-state index contributed by atoms with van der Waals surface area (Å²) in [6, 6.07) is -1.01. The highest BCUT2D eigenvalue weighted by atomic mass is 31.2. The first-order valence-electron chi connectivity index (χ1n) is 19.8. The number of carbonyl (C=O) groups excluding carboxylic acids is 1. The zero-order valence-corrected chi connectivity index (χ0v) is 32.6. The molecule has 6 N–H and O–H groups in total. The Labute approximate surface area is 305 Å². The molecule has 4 atom stereocenters. The van der Waals surface area contributed by atoms with Gasteiger partial charge in [-0.1, -0.05) is 133 Å². The molecule has 0 aromatic rings. The molecule has 0 bridgehead atoms. The standard InChI is InChI=1S/C40H75N2O7P/c1-3-5-7-9-11-13-15-17-19-21-23-25-27-29-31-37(43)35-40(45)42-38(36-49-50(46,47)48-34-33-41)39(44)32-30-28-26-24-22-20-18-16-14-12-10-8-6-4-2/h14,16,19,21-22,24,30,32,37-39,43-44H,3-13,15,17-18,20,23,25-29,31,33-36,41H2,1-2H3,(H,42,45)(H,46,47)/b16-14+,21-19-,24-22+,32-30+. The first-order chi connectivity index (χ1) is 24.3. The number of allylic oxidation sites excluding steroid dienone is 7. The fraction of sp³-hybridized carbons (Fsp3) is 0.775. The lowest BCUT2D eigenvalue weighted by atomic mass is 10.1. The number of unbranched alkanes of at least 4 members (excludes halogenated alkanes) is 16. The minimum atomic E-state index is -4.41. The molecule has 292 valence electrons. The van der Waals surface area contributed by atoms with E-state index in [0.717, 1.165) is 57.8 Å². The number of rotatable bonds is 36. The lowest BCUT2D eigenvalue weighted by Crippen LogP contribution is -2.46. The van der Waals surface area contributed by atoms with Crippen LogP contribution >= 0.6 is 7.82 Å². The van der Waals surface area contributed by atoms with E-state index in [1.807, 2.05) is 6.08 Å². The van der Waals surface area contributed by atoms with Gasteiger partial charge in [0.25, 0.3) is 0 Å². The molecule has 10 heteroatoms. The van der Waals surface area contributed by atoms with E-state index in [4.69, 9.17) is 14.8 Å². The van der Waals surface area contributed by atoms with E-state index < -0.39 is 38.6 Å². The number of hydrogen-bond acceptors (Lipinski definition) is 7. The summed E-state index contributed by atoms with van der Waals surface area (Å²) >= 11 is 0. The molecule has 0 radical (unpaired) electrons. The van der Waals surface area contributed by atoms with Crippen LogP contribution in [0.25, 0.3) is 0 Å². The van der Waals surface area contributed by atoms with Crippen LogP contribution in [-0.2, 0) is 18.4 Å². The van der Waals surface area contributed by atoms with Crippen LogP contribution in [0.1, 0.15) is 162 Å². The van der Waals surface area contributed by atoms with Gasteiger partial charge in [-0.3, -0.25) is 13.8 Å². The summed E-state index contributed by atoms with van der Waals surface area (Å²) in [5, 5.41) is 23.9. The molecule has 0 saturated carbocycles. The summed E-state index contributed by atoms with van der Waals surface area (Å²) in [4.78, 5) is 22.7. The molecule has 0 rings (SSSR count). The van der Waals surface area contributed by atoms with Crippen molar-refractivity contribution in [1.29, 1.82) is 0 Å². The van der Waals surface area contributed by atoms with E-state index in [9.17, 15) is 24.5 Å². The first kappa shape index (κ1) is 48.4. The second-order valence-electron chi connectivity index (χ2n) is 13.3. The van der Waals surface area contributed by atoms with Crippen molar-refractivity contribution in [2.45, 2.75) is 180 Å². The summed E-state index contributed by atoms with van der Waals surface area (Å²) in [5.74, 6) is -0.472. The van der Waals surface area contributed by atoms with Crippen molar-refractivity contribution in [3.05, 3.63) is 48.6 Å². The fourth-order valence-corrected chi connectivity index (χ4v) is 6.14. The van der Waals surface area contributed by atoms with Crippen molar-refractivity contribution in [3.8, 4) is 0 Å². The van der Waals surface area contributed by atoms with E-state index in [-0.39, 0.29) is 19.6 Å². The number of amides is 1. The van der Waals surface area contributed by atoms with E-state index >= 15 is 0 Å². The molecule has 0 aromatic carbocycles. The van der Waals surface area contributed by atoms with Crippen molar-refractivity contribution in [2.75, 3.05) is 19.8 Å². The van der Waals surface area contributed by atoms with Crippen LogP contribution in [0.15, 0.2) is 48.6 Å². The van der Waals surface area contributed by atoms with Gasteiger partial charge in [-0.15, -0.1) is 0 Å². The molecule has 1 amide bonds. The molecular formula is C40H75N2O7P. The molecule has 0 aliphatic carbocycles. The monoisotopic (exact) mass is 727 g/mol. The first-order valence-corrected chi connectivity index (χ1v) is 21.3. The second-order valence-corrected chi connectivity index (χ2v) is 14.8. The highest BCUT2D eigenvalue weighted by Gasteiger charge is 2.27. The van der Waals surface area contributed by atoms with Crippen molar-refractivity contribution in [3.63, 3.8) is 0 Å². The maximum atomic E-state index is 12.7. The Balaban J connectivity index is 4.51. The molecule has 4 unspecified atom stereocenters. The number of nitrogens with one attached hydrogen (secondary N) is 1. The van der Waals surface area contributed by atoms with Crippen LogP contribution in [0.5, 0.6) is 0 Å². The Morgan fingerprint density at radius 1 is 0.680 bits per heavy atom. The molecule has 0 heterocycles. The zero-order valence-electron chi connectivity index (χ0n) is 31.7. The Bertz CT molecular complexity index is 941. The number of aliphatic hydroxyl groups is 2. The van der Waals surface area contributed by atoms with Gasteiger partial charge in [0.05, 0.1) is 37.9 Å². The fourth-order valence-electron chi connectivity index (χ4n) is 5.38. The molecule has 9 nitrogen and oxygen atoms in total. The molecular weight excluding hydrogens is 651 g/mol. The molecule has 0 saturated heterocycles. The summed E-state index contributed by atoms with van der Waals surface area (Å²) < 4.78 is 22.0. The van der Waals surface area contributed by atoms with Gasteiger partial charge in [0.15, 0.2) is 0 Å². The number of phosphoric acid groups is 1. The number of phosphoric ester groups is 1. The van der Waals surface area contributed by atoms with Gasteiger partial charge in [-0.25, -0.2) is 4.57 Å². The predicted molar refractivity (Wildman–Crippen MR) is 209 cm³/mol. The summed E-state index contributed by atoms with van der Waals surface area (Å²) in [6.45, 7) is 3.88. The summed E-state index contributed by atoms with van der Waals surface area (Å²) in [5.41, 5.74) is 5.34. The largest absolute Gasteiger partial charge is 0.472 e. The molecule has 0 aliphatic heterocycles. The maximum absolute atomic E-state index is 12.7. The third-order valence-electron chi connectivity index (χ3n) is 8.41. The van der Waals surface area contributed by atoms with Crippen LogP contribution in [-0.4, -0.2) is 59.0 Å². The van der Waals surface area contributed by atoms with E-state index in [0.29, 0.717) is 12.8 Å². The lowest BCUT2D eigenvalue weighted by molar-refractivity contribution is -0.124. The SMILES string of the molecule is CCCCCC/C=C/CC/C=C/CC/C=C/C(O)C(COP(=O)(O)OCCN)NC(=O)CC(O)CCCCC/C=C\CCCCCCCCC. The normalized spacial score (nSPS) is 15.4. The number of nitrogens with two attached hydrogens (primary N) is 1. The maximum Gasteiger partial charge on any atom is 0.472 e. The topological polar surface area (TPSA) is 151 Å². The van der Waals surface area contributed by atoms with Crippen LogP contribution in [0.4, 0.5) is 0 Å². The summed E-state index contributed by atoms with van der Waals surface area (Å²) in [7, 11) is -4.41. The Kier molecular flexibility index (Phi) is 34.7. The zero-order chi connectivity index (χ0) is 37.0. The van der Waals surface area contributed by atoms with Crippen LogP contribution in [0.2, 0.25) is 0 Å². The molecule has 0 spiro atoms. The van der Waals surface area contributed by atoms with Crippen LogP contribution in [0.3, 0.4) is 0 Å².